The van der Waals surface area contributed by atoms with Crippen molar-refractivity contribution in [1.29, 1.82) is 0 Å². The number of aryl methyl sites for hydroxylation is 1. The summed E-state index contributed by atoms with van der Waals surface area (Å²) in [7, 11) is -4.27. The average molecular weight is 469 g/mol. The van der Waals surface area contributed by atoms with Gasteiger partial charge in [-0.1, -0.05) is 18.2 Å². The van der Waals surface area contributed by atoms with E-state index in [9.17, 15) is 12.8 Å². The summed E-state index contributed by atoms with van der Waals surface area (Å²) >= 11 is 0. The molecule has 0 saturated carbocycles. The first kappa shape index (κ1) is 21.5. The highest BCUT2D eigenvalue weighted by Gasteiger charge is 2.24. The van der Waals surface area contributed by atoms with E-state index in [0.29, 0.717) is 10.9 Å². The average Bonchev–Trinajstić information content (AvgIpc) is 3.21. The molecule has 0 unspecified atom stereocenters. The number of fused-ring (bicyclic) bond motifs is 2. The minimum Gasteiger partial charge on any atom is -0.263 e. The van der Waals surface area contributed by atoms with Crippen molar-refractivity contribution in [2.75, 3.05) is 4.72 Å². The first-order chi connectivity index (χ1) is 15.8. The molecule has 9 heteroatoms. The molecule has 6 nitrogen and oxygen atoms in total. The SMILES string of the molecule is C[C@H](c1cccc2c1CCCC2)n1ncc2cc(S(=O)(=O)Nc3ccc(F)cn3)c(F)cc21. The summed E-state index contributed by atoms with van der Waals surface area (Å²) in [6.07, 6.45) is 6.80. The molecule has 1 atom stereocenters. The molecule has 0 fully saturated rings. The Morgan fingerprint density at radius 1 is 1.06 bits per heavy atom. The fourth-order valence-electron chi connectivity index (χ4n) is 4.52. The smallest absolute Gasteiger partial charge is 0.263 e. The van der Waals surface area contributed by atoms with E-state index in [-0.39, 0.29) is 11.9 Å². The van der Waals surface area contributed by atoms with Crippen molar-refractivity contribution in [3.8, 4) is 0 Å². The summed E-state index contributed by atoms with van der Waals surface area (Å²) in [5, 5.41) is 4.96. The van der Waals surface area contributed by atoms with Crippen LogP contribution >= 0.6 is 0 Å². The van der Waals surface area contributed by atoms with Crippen LogP contribution in [0.25, 0.3) is 10.9 Å². The molecule has 0 bridgehead atoms. The summed E-state index contributed by atoms with van der Waals surface area (Å²) in [6.45, 7) is 2.01. The summed E-state index contributed by atoms with van der Waals surface area (Å²) < 4.78 is 57.5. The van der Waals surface area contributed by atoms with Crippen molar-refractivity contribution < 1.29 is 17.2 Å². The molecule has 1 aliphatic carbocycles. The van der Waals surface area contributed by atoms with E-state index in [4.69, 9.17) is 0 Å². The van der Waals surface area contributed by atoms with Gasteiger partial charge in [-0.25, -0.2) is 22.2 Å². The van der Waals surface area contributed by atoms with Crippen LogP contribution in [0.3, 0.4) is 0 Å². The van der Waals surface area contributed by atoms with E-state index in [1.165, 1.54) is 41.9 Å². The third-order valence-corrected chi connectivity index (χ3v) is 7.52. The van der Waals surface area contributed by atoms with E-state index in [0.717, 1.165) is 37.1 Å². The number of halogens is 2. The normalized spacial score (nSPS) is 14.8. The predicted octanol–water partition coefficient (Wildman–Crippen LogP) is 5.00. The highest BCUT2D eigenvalue weighted by Crippen LogP contribution is 2.32. The van der Waals surface area contributed by atoms with Gasteiger partial charge in [0.2, 0.25) is 0 Å². The van der Waals surface area contributed by atoms with E-state index in [2.05, 4.69) is 26.9 Å². The van der Waals surface area contributed by atoms with Gasteiger partial charge >= 0.3 is 0 Å². The lowest BCUT2D eigenvalue weighted by molar-refractivity contribution is 0.560. The number of aromatic nitrogens is 3. The van der Waals surface area contributed by atoms with Crippen molar-refractivity contribution >= 4 is 26.7 Å². The van der Waals surface area contributed by atoms with Crippen molar-refractivity contribution in [2.45, 2.75) is 43.5 Å². The Morgan fingerprint density at radius 2 is 1.88 bits per heavy atom. The van der Waals surface area contributed by atoms with Gasteiger partial charge in [0.25, 0.3) is 10.0 Å². The third kappa shape index (κ3) is 3.97. The van der Waals surface area contributed by atoms with Gasteiger partial charge in [0.1, 0.15) is 22.3 Å². The topological polar surface area (TPSA) is 76.9 Å². The standard InChI is InChI=1S/C24H22F2N4O2S/c1-15(19-8-4-6-16-5-2-3-7-20(16)19)30-22-12-21(26)23(11-17(22)13-28-30)33(31,32)29-24-10-9-18(25)14-27-24/h4,6,8-15H,2-3,5,7H2,1H3,(H,27,29)/t15-/m1/s1. The van der Waals surface area contributed by atoms with E-state index in [1.807, 2.05) is 13.0 Å². The minimum atomic E-state index is -4.27. The number of nitrogens with zero attached hydrogens (tertiary/aromatic N) is 3. The Balaban J connectivity index is 1.52. The molecule has 0 radical (unpaired) electrons. The Hall–Kier alpha value is -3.33. The molecule has 4 aromatic rings. The zero-order chi connectivity index (χ0) is 23.2. The van der Waals surface area contributed by atoms with Crippen LogP contribution in [0.1, 0.15) is 42.5 Å². The van der Waals surface area contributed by atoms with Crippen LogP contribution in [0.15, 0.2) is 59.8 Å². The monoisotopic (exact) mass is 468 g/mol. The molecule has 33 heavy (non-hydrogen) atoms. The highest BCUT2D eigenvalue weighted by molar-refractivity contribution is 7.92. The second-order valence-electron chi connectivity index (χ2n) is 8.27. The van der Waals surface area contributed by atoms with Crippen LogP contribution in [0, 0.1) is 11.6 Å². The Morgan fingerprint density at radius 3 is 2.67 bits per heavy atom. The maximum atomic E-state index is 15.0. The van der Waals surface area contributed by atoms with Gasteiger partial charge in [-0.3, -0.25) is 9.40 Å². The molecule has 2 aromatic heterocycles. The van der Waals surface area contributed by atoms with Crippen molar-refractivity contribution in [2.24, 2.45) is 0 Å². The molecule has 2 aromatic carbocycles. The van der Waals surface area contributed by atoms with Crippen LogP contribution in [-0.4, -0.2) is 23.2 Å². The lowest BCUT2D eigenvalue weighted by Gasteiger charge is -2.23. The van der Waals surface area contributed by atoms with Gasteiger partial charge < -0.3 is 0 Å². The quantitative estimate of drug-likeness (QED) is 0.447. The van der Waals surface area contributed by atoms with Gasteiger partial charge in [-0.05, 0) is 67.5 Å². The molecule has 0 spiro atoms. The van der Waals surface area contributed by atoms with E-state index < -0.39 is 26.6 Å². The summed E-state index contributed by atoms with van der Waals surface area (Å²) in [5.41, 5.74) is 4.34. The number of benzene rings is 2. The first-order valence-corrected chi connectivity index (χ1v) is 12.2. The van der Waals surface area contributed by atoms with Crippen LogP contribution < -0.4 is 4.72 Å². The van der Waals surface area contributed by atoms with Gasteiger partial charge in [-0.2, -0.15) is 5.10 Å². The minimum absolute atomic E-state index is 0.103. The summed E-state index contributed by atoms with van der Waals surface area (Å²) in [6, 6.07) is 10.8. The zero-order valence-electron chi connectivity index (χ0n) is 17.9. The van der Waals surface area contributed by atoms with E-state index >= 15 is 4.39 Å². The number of anilines is 1. The zero-order valence-corrected chi connectivity index (χ0v) is 18.7. The number of rotatable bonds is 5. The van der Waals surface area contributed by atoms with Crippen LogP contribution in [0.5, 0.6) is 0 Å². The molecular formula is C24H22F2N4O2S. The van der Waals surface area contributed by atoms with Crippen LogP contribution in [0.2, 0.25) is 0 Å². The predicted molar refractivity (Wildman–Crippen MR) is 122 cm³/mol. The lowest BCUT2D eigenvalue weighted by atomic mass is 9.86. The number of hydrogen-bond acceptors (Lipinski definition) is 4. The molecule has 0 amide bonds. The Bertz CT molecular complexity index is 1450. The van der Waals surface area contributed by atoms with Crippen LogP contribution in [0.4, 0.5) is 14.6 Å². The van der Waals surface area contributed by atoms with Crippen molar-refractivity contribution in [3.63, 3.8) is 0 Å². The van der Waals surface area contributed by atoms with Gasteiger partial charge in [0, 0.05) is 11.5 Å². The van der Waals surface area contributed by atoms with Gasteiger partial charge in [-0.15, -0.1) is 0 Å². The molecule has 2 heterocycles. The number of pyridine rings is 1. The number of nitrogens with one attached hydrogen (secondary N) is 1. The molecule has 1 aliphatic rings. The summed E-state index contributed by atoms with van der Waals surface area (Å²) in [5.74, 6) is -1.61. The molecule has 0 saturated heterocycles. The number of hydrogen-bond donors (Lipinski definition) is 1. The molecule has 170 valence electrons. The third-order valence-electron chi connectivity index (χ3n) is 6.15. The molecule has 1 N–H and O–H groups in total. The Kier molecular flexibility index (Phi) is 5.36. The van der Waals surface area contributed by atoms with Crippen molar-refractivity contribution in [3.05, 3.63) is 83.2 Å². The summed E-state index contributed by atoms with van der Waals surface area (Å²) in [4.78, 5) is 3.15. The number of sulfonamides is 1. The van der Waals surface area contributed by atoms with Gasteiger partial charge in [0.15, 0.2) is 0 Å². The fourth-order valence-corrected chi connectivity index (χ4v) is 5.63. The second kappa shape index (κ2) is 8.22. The second-order valence-corrected chi connectivity index (χ2v) is 9.92. The highest BCUT2D eigenvalue weighted by atomic mass is 32.2. The van der Waals surface area contributed by atoms with Gasteiger partial charge in [0.05, 0.1) is 24.0 Å². The molecular weight excluding hydrogens is 446 g/mol. The largest absolute Gasteiger partial charge is 0.265 e. The van der Waals surface area contributed by atoms with E-state index in [1.54, 1.807) is 4.68 Å². The first-order valence-electron chi connectivity index (χ1n) is 10.8. The molecule has 5 rings (SSSR count). The maximum absolute atomic E-state index is 15.0. The fraction of sp³-hybridized carbons (Fsp3) is 0.250. The van der Waals surface area contributed by atoms with Crippen LogP contribution in [-0.2, 0) is 22.9 Å². The lowest BCUT2D eigenvalue weighted by Crippen LogP contribution is -2.16. The molecule has 0 aliphatic heterocycles. The Labute approximate surface area is 190 Å². The van der Waals surface area contributed by atoms with Crippen molar-refractivity contribution in [1.82, 2.24) is 14.8 Å². The maximum Gasteiger partial charge on any atom is 0.265 e.